The molecule has 26 heavy (non-hydrogen) atoms. The van der Waals surface area contributed by atoms with Crippen molar-refractivity contribution in [2.24, 2.45) is 11.8 Å². The summed E-state index contributed by atoms with van der Waals surface area (Å²) in [5, 5.41) is 0. The molecule has 3 nitrogen and oxygen atoms in total. The monoisotopic (exact) mass is 473 g/mol. The summed E-state index contributed by atoms with van der Waals surface area (Å²) in [6, 6.07) is 1.83. The number of ether oxygens (including phenoxy) is 1. The summed E-state index contributed by atoms with van der Waals surface area (Å²) in [7, 11) is 0. The van der Waals surface area contributed by atoms with E-state index in [1.165, 1.54) is 51.4 Å². The van der Waals surface area contributed by atoms with Crippen LogP contribution in [0.3, 0.4) is 0 Å². The number of allylic oxidation sites excluding steroid dienone is 2. The molecule has 2 heterocycles. The molecule has 1 saturated carbocycles. The zero-order valence-corrected chi connectivity index (χ0v) is 18.9. The van der Waals surface area contributed by atoms with E-state index in [1.807, 2.05) is 20.8 Å². The highest BCUT2D eigenvalue weighted by molar-refractivity contribution is 14.1. The molecule has 3 rings (SSSR count). The number of fused-ring (bicyclic) bond motifs is 3. The van der Waals surface area contributed by atoms with Crippen molar-refractivity contribution >= 4 is 28.6 Å². The van der Waals surface area contributed by atoms with Crippen molar-refractivity contribution in [1.82, 2.24) is 4.90 Å². The van der Waals surface area contributed by atoms with Crippen molar-refractivity contribution in [3.8, 4) is 0 Å². The van der Waals surface area contributed by atoms with Gasteiger partial charge in [0.15, 0.2) is 0 Å². The van der Waals surface area contributed by atoms with Gasteiger partial charge in [-0.1, -0.05) is 41.2 Å². The standard InChI is InChI=1S/C22H36INO2/c1-22(2,3)26-21(25)15-18-11-10-17-12-13-19-16(7-4-5-14-23)8-6-9-20(19)24(17)18/h4-5,16-20H,6-15H2,1-3H3/b5-4+. The van der Waals surface area contributed by atoms with Gasteiger partial charge < -0.3 is 4.74 Å². The lowest BCUT2D eigenvalue weighted by Crippen LogP contribution is -2.54. The van der Waals surface area contributed by atoms with E-state index in [-0.39, 0.29) is 11.6 Å². The molecule has 148 valence electrons. The maximum atomic E-state index is 12.4. The molecule has 3 aliphatic rings. The molecule has 0 N–H and O–H groups in total. The Kier molecular flexibility index (Phi) is 7.09. The topological polar surface area (TPSA) is 29.5 Å². The smallest absolute Gasteiger partial charge is 0.307 e. The molecule has 0 aromatic heterocycles. The van der Waals surface area contributed by atoms with E-state index in [9.17, 15) is 4.79 Å². The van der Waals surface area contributed by atoms with Crippen LogP contribution in [0.15, 0.2) is 12.2 Å². The molecule has 2 saturated heterocycles. The number of hydrogen-bond donors (Lipinski definition) is 0. The largest absolute Gasteiger partial charge is 0.460 e. The van der Waals surface area contributed by atoms with E-state index >= 15 is 0 Å². The molecule has 0 amide bonds. The van der Waals surface area contributed by atoms with Gasteiger partial charge in [0.25, 0.3) is 0 Å². The molecule has 0 radical (unpaired) electrons. The van der Waals surface area contributed by atoms with Crippen molar-refractivity contribution in [2.75, 3.05) is 4.43 Å². The molecule has 0 aromatic rings. The molecule has 5 unspecified atom stereocenters. The van der Waals surface area contributed by atoms with Crippen LogP contribution in [-0.2, 0) is 9.53 Å². The fraction of sp³-hybridized carbons (Fsp3) is 0.864. The molecule has 0 bridgehead atoms. The lowest BCUT2D eigenvalue weighted by Gasteiger charge is -2.51. The van der Waals surface area contributed by atoms with Gasteiger partial charge in [0.2, 0.25) is 0 Å². The van der Waals surface area contributed by atoms with Crippen LogP contribution in [0, 0.1) is 11.8 Å². The van der Waals surface area contributed by atoms with Crippen LogP contribution < -0.4 is 0 Å². The highest BCUT2D eigenvalue weighted by Gasteiger charge is 2.47. The fourth-order valence-corrected chi connectivity index (χ4v) is 6.10. The van der Waals surface area contributed by atoms with Gasteiger partial charge in [-0.25, -0.2) is 0 Å². The summed E-state index contributed by atoms with van der Waals surface area (Å²) in [4.78, 5) is 15.2. The Morgan fingerprint density at radius 1 is 1.12 bits per heavy atom. The highest BCUT2D eigenvalue weighted by atomic mass is 127. The van der Waals surface area contributed by atoms with E-state index in [2.05, 4.69) is 39.6 Å². The molecule has 1 aliphatic carbocycles. The Labute approximate surface area is 173 Å². The van der Waals surface area contributed by atoms with Crippen LogP contribution in [-0.4, -0.2) is 39.0 Å². The Morgan fingerprint density at radius 2 is 1.88 bits per heavy atom. The van der Waals surface area contributed by atoms with Crippen molar-refractivity contribution < 1.29 is 9.53 Å². The number of nitrogens with zero attached hydrogens (tertiary/aromatic N) is 1. The molecule has 0 aromatic carbocycles. The van der Waals surface area contributed by atoms with Crippen LogP contribution in [0.25, 0.3) is 0 Å². The maximum absolute atomic E-state index is 12.4. The average molecular weight is 473 g/mol. The third-order valence-corrected chi connectivity index (χ3v) is 7.09. The molecular weight excluding hydrogens is 437 g/mol. The summed E-state index contributed by atoms with van der Waals surface area (Å²) in [5.74, 6) is 1.66. The van der Waals surface area contributed by atoms with E-state index in [4.69, 9.17) is 4.74 Å². The Hall–Kier alpha value is -0.100. The van der Waals surface area contributed by atoms with Crippen LogP contribution in [0.4, 0.5) is 0 Å². The number of piperidine rings is 1. The number of hydrogen-bond acceptors (Lipinski definition) is 3. The molecule has 5 atom stereocenters. The molecule has 4 heteroatoms. The molecule has 0 spiro atoms. The quantitative estimate of drug-likeness (QED) is 0.228. The number of rotatable bonds is 5. The Bertz CT molecular complexity index is 513. The summed E-state index contributed by atoms with van der Waals surface area (Å²) in [6.45, 7) is 5.90. The number of carbonyl (C=O) groups is 1. The number of halogens is 1. The second-order valence-corrected chi connectivity index (χ2v) is 10.4. The molecule has 3 fully saturated rings. The van der Waals surface area contributed by atoms with Crippen molar-refractivity contribution in [3.63, 3.8) is 0 Å². The van der Waals surface area contributed by atoms with Gasteiger partial charge in [0.05, 0.1) is 6.42 Å². The first-order chi connectivity index (χ1) is 12.4. The minimum Gasteiger partial charge on any atom is -0.460 e. The molecular formula is C22H36INO2. The zero-order chi connectivity index (χ0) is 18.7. The first kappa shape index (κ1) is 20.6. The van der Waals surface area contributed by atoms with Gasteiger partial charge in [-0.3, -0.25) is 9.69 Å². The SMILES string of the molecule is CC(C)(C)OC(=O)CC1CCC2CCC3C(C/C=C/CI)CCCC3N21. The first-order valence-corrected chi connectivity index (χ1v) is 12.1. The van der Waals surface area contributed by atoms with Gasteiger partial charge in [-0.15, -0.1) is 0 Å². The minimum atomic E-state index is -0.375. The summed E-state index contributed by atoms with van der Waals surface area (Å²) < 4.78 is 6.74. The van der Waals surface area contributed by atoms with E-state index in [1.54, 1.807) is 0 Å². The number of esters is 1. The van der Waals surface area contributed by atoms with Gasteiger partial charge in [0, 0.05) is 22.6 Å². The number of carbonyl (C=O) groups excluding carboxylic acids is 1. The second kappa shape index (κ2) is 8.93. The first-order valence-electron chi connectivity index (χ1n) is 10.6. The van der Waals surface area contributed by atoms with Crippen molar-refractivity contribution in [2.45, 2.75) is 102 Å². The van der Waals surface area contributed by atoms with E-state index < -0.39 is 0 Å². The van der Waals surface area contributed by atoms with Crippen LogP contribution in [0.5, 0.6) is 0 Å². The fourth-order valence-electron chi connectivity index (χ4n) is 5.74. The predicted molar refractivity (Wildman–Crippen MR) is 116 cm³/mol. The molecule has 2 aliphatic heterocycles. The maximum Gasteiger partial charge on any atom is 0.307 e. The lowest BCUT2D eigenvalue weighted by atomic mass is 9.69. The van der Waals surface area contributed by atoms with Crippen molar-refractivity contribution in [3.05, 3.63) is 12.2 Å². The Morgan fingerprint density at radius 3 is 2.62 bits per heavy atom. The summed E-state index contributed by atoms with van der Waals surface area (Å²) >= 11 is 2.42. The third-order valence-electron chi connectivity index (χ3n) is 6.58. The van der Waals surface area contributed by atoms with Gasteiger partial charge in [0.1, 0.15) is 5.60 Å². The van der Waals surface area contributed by atoms with Gasteiger partial charge >= 0.3 is 5.97 Å². The third kappa shape index (κ3) is 5.03. The van der Waals surface area contributed by atoms with E-state index in [0.717, 1.165) is 16.3 Å². The van der Waals surface area contributed by atoms with Crippen LogP contribution in [0.1, 0.15) is 78.6 Å². The summed E-state index contributed by atoms with van der Waals surface area (Å²) in [5.41, 5.74) is -0.375. The van der Waals surface area contributed by atoms with Crippen LogP contribution in [0.2, 0.25) is 0 Å². The van der Waals surface area contributed by atoms with Gasteiger partial charge in [-0.05, 0) is 77.6 Å². The van der Waals surface area contributed by atoms with E-state index in [0.29, 0.717) is 24.5 Å². The lowest BCUT2D eigenvalue weighted by molar-refractivity contribution is -0.156. The second-order valence-electron chi connectivity index (χ2n) is 9.48. The normalized spacial score (nSPS) is 35.3. The highest BCUT2D eigenvalue weighted by Crippen LogP contribution is 2.47. The van der Waals surface area contributed by atoms with Gasteiger partial charge in [-0.2, -0.15) is 0 Å². The van der Waals surface area contributed by atoms with Crippen LogP contribution >= 0.6 is 22.6 Å². The average Bonchev–Trinajstić information content (AvgIpc) is 2.96. The zero-order valence-electron chi connectivity index (χ0n) is 16.8. The number of alkyl halides is 1. The Balaban J connectivity index is 1.66. The minimum absolute atomic E-state index is 0.0115. The predicted octanol–water partition coefficient (Wildman–Crippen LogP) is 5.51. The summed E-state index contributed by atoms with van der Waals surface area (Å²) in [6.07, 6.45) is 15.8. The van der Waals surface area contributed by atoms with Crippen molar-refractivity contribution in [1.29, 1.82) is 0 Å².